The number of nitrogens with zero attached hydrogens (tertiary/aromatic N) is 3. The number of hydrogen-bond acceptors (Lipinski definition) is 7. The van der Waals surface area contributed by atoms with Crippen LogP contribution in [0.4, 0.5) is 0 Å². The molecule has 1 aliphatic heterocycles. The predicted octanol–water partition coefficient (Wildman–Crippen LogP) is 6.85. The molecule has 1 amide bonds. The molecule has 0 saturated carbocycles. The third kappa shape index (κ3) is 8.99. The Morgan fingerprint density at radius 2 is 1.49 bits per heavy atom. The van der Waals surface area contributed by atoms with Gasteiger partial charge in [0.1, 0.15) is 0 Å². The lowest BCUT2D eigenvalue weighted by atomic mass is 9.95. The molecule has 1 aromatic heterocycles. The average Bonchev–Trinajstić information content (AvgIpc) is 3.52. The van der Waals surface area contributed by atoms with Crippen LogP contribution in [0.2, 0.25) is 0 Å². The third-order valence-electron chi connectivity index (χ3n) is 10.6. The largest absolute Gasteiger partial charge is 0.335 e. The first-order valence-electron chi connectivity index (χ1n) is 18.4. The third-order valence-corrected chi connectivity index (χ3v) is 11.7. The molecule has 272 valence electrons. The number of rotatable bonds is 13. The van der Waals surface area contributed by atoms with Crippen molar-refractivity contribution in [2.24, 2.45) is 0 Å². The first-order chi connectivity index (χ1) is 25.7. The number of sulfone groups is 1. The summed E-state index contributed by atoms with van der Waals surface area (Å²) in [5, 5.41) is 3.45. The summed E-state index contributed by atoms with van der Waals surface area (Å²) in [6.07, 6.45) is 5.92. The molecule has 1 aliphatic carbocycles. The lowest BCUT2D eigenvalue weighted by molar-refractivity contribution is -0.137. The van der Waals surface area contributed by atoms with E-state index in [0.717, 1.165) is 79.0 Å². The quantitative estimate of drug-likeness (QED) is 0.133. The van der Waals surface area contributed by atoms with Crippen LogP contribution in [0.3, 0.4) is 0 Å². The highest BCUT2D eigenvalue weighted by molar-refractivity contribution is 7.90. The Morgan fingerprint density at radius 1 is 0.811 bits per heavy atom. The molecule has 1 unspecified atom stereocenters. The summed E-state index contributed by atoms with van der Waals surface area (Å²) in [5.74, 6) is -0.343. The van der Waals surface area contributed by atoms with Crippen molar-refractivity contribution in [3.8, 4) is 11.3 Å². The zero-order valence-electron chi connectivity index (χ0n) is 30.2. The van der Waals surface area contributed by atoms with E-state index < -0.39 is 15.8 Å². The Morgan fingerprint density at radius 3 is 2.19 bits per heavy atom. The van der Waals surface area contributed by atoms with Crippen molar-refractivity contribution in [3.63, 3.8) is 0 Å². The zero-order valence-corrected chi connectivity index (χ0v) is 31.0. The number of likely N-dealkylation sites (tertiary alicyclic amines) is 1. The molecular formula is C44H46N4O4S. The summed E-state index contributed by atoms with van der Waals surface area (Å²) >= 11 is 0. The standard InChI is InChI=1S/C44H46N4O4S/c1-53(51,52)38-18-13-32(14-19-38)21-24-45-28-35-15-20-42(46-29-35)36-16-11-34(12-17-36)31-48(44(50)41-27-43(49)40-10-6-5-9-39(40)41)37-22-25-47(26-23-37)30-33-7-3-2-4-8-33/h2-20,29,37,41,45H,21-28,30-31H2,1H3. The molecule has 4 aromatic carbocycles. The number of carbonyl (C=O) groups is 2. The maximum Gasteiger partial charge on any atom is 0.231 e. The summed E-state index contributed by atoms with van der Waals surface area (Å²) in [6.45, 7) is 4.68. The van der Waals surface area contributed by atoms with Crippen molar-refractivity contribution in [1.29, 1.82) is 0 Å². The number of nitrogens with one attached hydrogen (secondary N) is 1. The van der Waals surface area contributed by atoms with Gasteiger partial charge in [-0.15, -0.1) is 0 Å². The van der Waals surface area contributed by atoms with Crippen LogP contribution in [-0.2, 0) is 40.7 Å². The molecule has 0 spiro atoms. The van der Waals surface area contributed by atoms with Gasteiger partial charge < -0.3 is 10.2 Å². The number of pyridine rings is 1. The highest BCUT2D eigenvalue weighted by Gasteiger charge is 2.39. The summed E-state index contributed by atoms with van der Waals surface area (Å²) in [7, 11) is -3.19. The Kier molecular flexibility index (Phi) is 11.2. The van der Waals surface area contributed by atoms with Gasteiger partial charge in [-0.05, 0) is 71.8 Å². The zero-order chi connectivity index (χ0) is 36.8. The molecular weight excluding hydrogens is 681 g/mol. The minimum atomic E-state index is -3.19. The van der Waals surface area contributed by atoms with Crippen LogP contribution in [0.5, 0.6) is 0 Å². The van der Waals surface area contributed by atoms with Gasteiger partial charge in [-0.2, -0.15) is 0 Å². The Hall–Kier alpha value is -4.96. The lowest BCUT2D eigenvalue weighted by Crippen LogP contribution is -2.48. The van der Waals surface area contributed by atoms with Gasteiger partial charge in [-0.1, -0.05) is 97.1 Å². The van der Waals surface area contributed by atoms with Gasteiger partial charge in [-0.25, -0.2) is 8.42 Å². The number of hydrogen-bond donors (Lipinski definition) is 1. The van der Waals surface area contributed by atoms with Crippen molar-refractivity contribution < 1.29 is 18.0 Å². The fourth-order valence-corrected chi connectivity index (χ4v) is 8.17. The molecule has 7 rings (SSSR count). The van der Waals surface area contributed by atoms with Gasteiger partial charge in [0.2, 0.25) is 5.91 Å². The maximum atomic E-state index is 14.4. The van der Waals surface area contributed by atoms with E-state index in [2.05, 4.69) is 69.7 Å². The van der Waals surface area contributed by atoms with Gasteiger partial charge in [-0.3, -0.25) is 19.5 Å². The molecule has 0 bridgehead atoms. The highest BCUT2D eigenvalue weighted by atomic mass is 32.2. The van der Waals surface area contributed by atoms with Crippen LogP contribution >= 0.6 is 0 Å². The number of fused-ring (bicyclic) bond motifs is 1. The molecule has 1 saturated heterocycles. The van der Waals surface area contributed by atoms with E-state index in [1.807, 2.05) is 54.7 Å². The Labute approximate surface area is 312 Å². The fourth-order valence-electron chi connectivity index (χ4n) is 7.54. The fraction of sp³-hybridized carbons (Fsp3) is 0.295. The maximum absolute atomic E-state index is 14.4. The normalized spacial score (nSPS) is 16.4. The minimum Gasteiger partial charge on any atom is -0.335 e. The topological polar surface area (TPSA) is 99.7 Å². The number of amides is 1. The number of benzene rings is 4. The van der Waals surface area contributed by atoms with E-state index in [1.165, 1.54) is 11.8 Å². The molecule has 1 N–H and O–H groups in total. The summed E-state index contributed by atoms with van der Waals surface area (Å²) in [6, 6.07) is 37.7. The van der Waals surface area contributed by atoms with E-state index in [9.17, 15) is 18.0 Å². The Bertz CT molecular complexity index is 2130. The van der Waals surface area contributed by atoms with E-state index in [0.29, 0.717) is 23.5 Å². The van der Waals surface area contributed by atoms with Crippen LogP contribution in [-0.4, -0.2) is 66.8 Å². The monoisotopic (exact) mass is 726 g/mol. The molecule has 53 heavy (non-hydrogen) atoms. The van der Waals surface area contributed by atoms with E-state index >= 15 is 0 Å². The first kappa shape index (κ1) is 36.4. The number of ketones is 1. The van der Waals surface area contributed by atoms with Crippen LogP contribution < -0.4 is 5.32 Å². The number of carbonyl (C=O) groups excluding carboxylic acids is 2. The van der Waals surface area contributed by atoms with Crippen molar-refractivity contribution in [2.45, 2.75) is 62.2 Å². The molecule has 0 radical (unpaired) electrons. The van der Waals surface area contributed by atoms with Gasteiger partial charge >= 0.3 is 0 Å². The molecule has 9 heteroatoms. The van der Waals surface area contributed by atoms with Crippen LogP contribution in [0.15, 0.2) is 126 Å². The van der Waals surface area contributed by atoms with E-state index in [-0.39, 0.29) is 24.2 Å². The number of aromatic nitrogens is 1. The smallest absolute Gasteiger partial charge is 0.231 e. The van der Waals surface area contributed by atoms with Gasteiger partial charge in [0.25, 0.3) is 0 Å². The first-order valence-corrected chi connectivity index (χ1v) is 20.3. The number of piperidine rings is 1. The average molecular weight is 727 g/mol. The number of Topliss-reactive ketones (excluding diaryl/α,β-unsaturated/α-hetero) is 1. The minimum absolute atomic E-state index is 0.0459. The molecule has 2 heterocycles. The summed E-state index contributed by atoms with van der Waals surface area (Å²) in [5.41, 5.74) is 7.94. The second-order valence-electron chi connectivity index (χ2n) is 14.3. The predicted molar refractivity (Wildman–Crippen MR) is 208 cm³/mol. The van der Waals surface area contributed by atoms with Crippen molar-refractivity contribution in [1.82, 2.24) is 20.1 Å². The van der Waals surface area contributed by atoms with E-state index in [1.54, 1.807) is 12.1 Å². The van der Waals surface area contributed by atoms with Crippen molar-refractivity contribution in [2.75, 3.05) is 25.9 Å². The van der Waals surface area contributed by atoms with Gasteiger partial charge in [0.05, 0.1) is 16.5 Å². The van der Waals surface area contributed by atoms with Crippen LogP contribution in [0, 0.1) is 0 Å². The molecule has 1 atom stereocenters. The molecule has 5 aromatic rings. The van der Waals surface area contributed by atoms with Crippen molar-refractivity contribution >= 4 is 21.5 Å². The van der Waals surface area contributed by atoms with Gasteiger partial charge in [0.15, 0.2) is 15.6 Å². The second-order valence-corrected chi connectivity index (χ2v) is 16.3. The summed E-state index contributed by atoms with van der Waals surface area (Å²) < 4.78 is 23.4. The lowest BCUT2D eigenvalue weighted by Gasteiger charge is -2.40. The SMILES string of the molecule is CS(=O)(=O)c1ccc(CCNCc2ccc(-c3ccc(CN(C(=O)C4CC(=O)c5ccccc54)C4CCN(Cc5ccccc5)CC4)cc3)nc2)cc1. The van der Waals surface area contributed by atoms with Crippen LogP contribution in [0.25, 0.3) is 11.3 Å². The van der Waals surface area contributed by atoms with Gasteiger partial charge in [0, 0.05) is 68.8 Å². The highest BCUT2D eigenvalue weighted by Crippen LogP contribution is 2.36. The second kappa shape index (κ2) is 16.4. The molecule has 8 nitrogen and oxygen atoms in total. The Balaban J connectivity index is 0.978. The van der Waals surface area contributed by atoms with E-state index in [4.69, 9.17) is 4.98 Å². The summed E-state index contributed by atoms with van der Waals surface area (Å²) in [4.78, 5) is 36.9. The van der Waals surface area contributed by atoms with Crippen molar-refractivity contribution in [3.05, 3.63) is 155 Å². The van der Waals surface area contributed by atoms with Crippen LogP contribution in [0.1, 0.15) is 63.4 Å². The molecule has 1 fully saturated rings. The molecule has 2 aliphatic rings.